The smallest absolute Gasteiger partial charge is 0.0367 e. The molecule has 0 radical (unpaired) electrons. The fourth-order valence-electron chi connectivity index (χ4n) is 2.79. The Morgan fingerprint density at radius 1 is 1.06 bits per heavy atom. The molecule has 1 aromatic carbocycles. The molecule has 1 aliphatic rings. The summed E-state index contributed by atoms with van der Waals surface area (Å²) in [6.07, 6.45) is 3.97. The van der Waals surface area contributed by atoms with Crippen molar-refractivity contribution in [3.63, 3.8) is 0 Å². The number of anilines is 2. The van der Waals surface area contributed by atoms with Crippen LogP contribution in [0.4, 0.5) is 11.4 Å². The van der Waals surface area contributed by atoms with Crippen molar-refractivity contribution in [1.29, 1.82) is 0 Å². The summed E-state index contributed by atoms with van der Waals surface area (Å²) in [4.78, 5) is 2.42. The van der Waals surface area contributed by atoms with E-state index in [0.717, 1.165) is 17.5 Å². The van der Waals surface area contributed by atoms with Crippen molar-refractivity contribution in [1.82, 2.24) is 0 Å². The molecule has 94 valence electrons. The van der Waals surface area contributed by atoms with Crippen LogP contribution < -0.4 is 10.6 Å². The van der Waals surface area contributed by atoms with Gasteiger partial charge in [0.2, 0.25) is 0 Å². The Bertz CT molecular complexity index is 358. The number of hydrogen-bond donors (Lipinski definition) is 1. The summed E-state index contributed by atoms with van der Waals surface area (Å²) in [5.74, 6) is 1.72. The number of benzene rings is 1. The van der Waals surface area contributed by atoms with Crippen molar-refractivity contribution in [2.45, 2.75) is 39.2 Å². The maximum absolute atomic E-state index is 5.73. The Morgan fingerprint density at radius 2 is 1.71 bits per heavy atom. The summed E-state index contributed by atoms with van der Waals surface area (Å²) in [5, 5.41) is 0. The van der Waals surface area contributed by atoms with Crippen molar-refractivity contribution in [2.75, 3.05) is 17.7 Å². The molecule has 2 rings (SSSR count). The van der Waals surface area contributed by atoms with Gasteiger partial charge in [0.05, 0.1) is 0 Å². The van der Waals surface area contributed by atoms with Crippen LogP contribution in [0.2, 0.25) is 0 Å². The molecular formula is C15H24N2. The maximum Gasteiger partial charge on any atom is 0.0367 e. The number of nitrogens with two attached hydrogens (primary N) is 1. The molecule has 17 heavy (non-hydrogen) atoms. The predicted octanol–water partition coefficient (Wildman–Crippen LogP) is 3.53. The fraction of sp³-hybridized carbons (Fsp3) is 0.600. The van der Waals surface area contributed by atoms with Crippen LogP contribution in [0.25, 0.3) is 0 Å². The van der Waals surface area contributed by atoms with Gasteiger partial charge in [0.25, 0.3) is 0 Å². The Balaban J connectivity index is 2.05. The van der Waals surface area contributed by atoms with Gasteiger partial charge in [0, 0.05) is 24.5 Å². The third-order valence-corrected chi connectivity index (χ3v) is 4.42. The minimum absolute atomic E-state index is 0.685. The van der Waals surface area contributed by atoms with E-state index in [1.54, 1.807) is 0 Å². The van der Waals surface area contributed by atoms with Crippen LogP contribution in [-0.4, -0.2) is 13.1 Å². The van der Waals surface area contributed by atoms with Gasteiger partial charge in [0.15, 0.2) is 0 Å². The molecule has 0 heterocycles. The zero-order chi connectivity index (χ0) is 12.4. The van der Waals surface area contributed by atoms with Gasteiger partial charge < -0.3 is 10.6 Å². The quantitative estimate of drug-likeness (QED) is 0.790. The van der Waals surface area contributed by atoms with Gasteiger partial charge >= 0.3 is 0 Å². The largest absolute Gasteiger partial charge is 0.399 e. The Kier molecular flexibility index (Phi) is 3.60. The number of nitrogens with zero attached hydrogens (tertiary/aromatic N) is 1. The molecule has 0 saturated heterocycles. The Morgan fingerprint density at radius 3 is 2.29 bits per heavy atom. The summed E-state index contributed by atoms with van der Waals surface area (Å²) in [5.41, 5.74) is 7.85. The average molecular weight is 232 g/mol. The average Bonchev–Trinajstić information content (AvgIpc) is 2.33. The molecule has 0 spiro atoms. The highest BCUT2D eigenvalue weighted by Crippen LogP contribution is 2.33. The van der Waals surface area contributed by atoms with Crippen molar-refractivity contribution >= 4 is 11.4 Å². The fourth-order valence-corrected chi connectivity index (χ4v) is 2.79. The number of nitrogen functional groups attached to an aromatic ring is 1. The summed E-state index contributed by atoms with van der Waals surface area (Å²) < 4.78 is 0. The van der Waals surface area contributed by atoms with Crippen molar-refractivity contribution in [3.05, 3.63) is 24.3 Å². The van der Waals surface area contributed by atoms with Crippen LogP contribution in [0, 0.1) is 11.8 Å². The molecular weight excluding hydrogens is 208 g/mol. The SMILES string of the molecule is CC1CCC(N(C)c2ccc(N)cc2)CC1C. The minimum atomic E-state index is 0.685. The van der Waals surface area contributed by atoms with Crippen molar-refractivity contribution in [3.8, 4) is 0 Å². The van der Waals surface area contributed by atoms with E-state index in [9.17, 15) is 0 Å². The molecule has 0 bridgehead atoms. The van der Waals surface area contributed by atoms with Gasteiger partial charge in [-0.1, -0.05) is 13.8 Å². The minimum Gasteiger partial charge on any atom is -0.399 e. The van der Waals surface area contributed by atoms with Gasteiger partial charge in [-0.15, -0.1) is 0 Å². The summed E-state index contributed by atoms with van der Waals surface area (Å²) >= 11 is 0. The molecule has 1 aromatic rings. The lowest BCUT2D eigenvalue weighted by Gasteiger charge is -2.38. The molecule has 2 N–H and O–H groups in total. The second-order valence-corrected chi connectivity index (χ2v) is 5.62. The molecule has 1 aliphatic carbocycles. The van der Waals surface area contributed by atoms with E-state index < -0.39 is 0 Å². The highest BCUT2D eigenvalue weighted by atomic mass is 15.1. The first-order chi connectivity index (χ1) is 8.08. The zero-order valence-electron chi connectivity index (χ0n) is 11.2. The van der Waals surface area contributed by atoms with Crippen molar-refractivity contribution < 1.29 is 0 Å². The summed E-state index contributed by atoms with van der Waals surface area (Å²) in [6.45, 7) is 4.76. The second kappa shape index (κ2) is 4.99. The van der Waals surface area contributed by atoms with Gasteiger partial charge in [-0.2, -0.15) is 0 Å². The second-order valence-electron chi connectivity index (χ2n) is 5.62. The third kappa shape index (κ3) is 2.74. The molecule has 3 unspecified atom stereocenters. The van der Waals surface area contributed by atoms with Crippen LogP contribution in [0.3, 0.4) is 0 Å². The van der Waals surface area contributed by atoms with E-state index in [1.165, 1.54) is 24.9 Å². The van der Waals surface area contributed by atoms with E-state index >= 15 is 0 Å². The zero-order valence-corrected chi connectivity index (χ0v) is 11.2. The number of hydrogen-bond acceptors (Lipinski definition) is 2. The lowest BCUT2D eigenvalue weighted by Crippen LogP contribution is -2.37. The highest BCUT2D eigenvalue weighted by molar-refractivity contribution is 5.53. The monoisotopic (exact) mass is 232 g/mol. The first kappa shape index (κ1) is 12.3. The molecule has 2 nitrogen and oxygen atoms in total. The van der Waals surface area contributed by atoms with Crippen LogP contribution in [-0.2, 0) is 0 Å². The topological polar surface area (TPSA) is 29.3 Å². The maximum atomic E-state index is 5.73. The Labute approximate surface area is 105 Å². The lowest BCUT2D eigenvalue weighted by atomic mass is 9.78. The van der Waals surface area contributed by atoms with Gasteiger partial charge in [-0.05, 0) is 55.4 Å². The molecule has 1 saturated carbocycles. The standard InChI is InChI=1S/C15H24N2/c1-11-4-7-15(10-12(11)2)17(3)14-8-5-13(16)6-9-14/h5-6,8-9,11-12,15H,4,7,10,16H2,1-3H3. The molecule has 2 heteroatoms. The summed E-state index contributed by atoms with van der Waals surface area (Å²) in [6, 6.07) is 8.90. The molecule has 0 aromatic heterocycles. The van der Waals surface area contributed by atoms with E-state index in [4.69, 9.17) is 5.73 Å². The van der Waals surface area contributed by atoms with Gasteiger partial charge in [0.1, 0.15) is 0 Å². The number of rotatable bonds is 2. The van der Waals surface area contributed by atoms with Crippen LogP contribution >= 0.6 is 0 Å². The normalized spacial score (nSPS) is 29.0. The van der Waals surface area contributed by atoms with Crippen LogP contribution in [0.1, 0.15) is 33.1 Å². The first-order valence-electron chi connectivity index (χ1n) is 6.66. The van der Waals surface area contributed by atoms with E-state index in [-0.39, 0.29) is 0 Å². The molecule has 0 amide bonds. The molecule has 1 fully saturated rings. The highest BCUT2D eigenvalue weighted by Gasteiger charge is 2.27. The lowest BCUT2D eigenvalue weighted by molar-refractivity contribution is 0.247. The van der Waals surface area contributed by atoms with E-state index in [1.807, 2.05) is 12.1 Å². The van der Waals surface area contributed by atoms with Crippen LogP contribution in [0.15, 0.2) is 24.3 Å². The van der Waals surface area contributed by atoms with Crippen LogP contribution in [0.5, 0.6) is 0 Å². The van der Waals surface area contributed by atoms with E-state index in [2.05, 4.69) is 37.9 Å². The molecule has 0 aliphatic heterocycles. The van der Waals surface area contributed by atoms with Gasteiger partial charge in [-0.3, -0.25) is 0 Å². The van der Waals surface area contributed by atoms with E-state index in [0.29, 0.717) is 6.04 Å². The molecule has 3 atom stereocenters. The third-order valence-electron chi connectivity index (χ3n) is 4.42. The first-order valence-corrected chi connectivity index (χ1v) is 6.66. The van der Waals surface area contributed by atoms with Crippen molar-refractivity contribution in [2.24, 2.45) is 11.8 Å². The Hall–Kier alpha value is -1.18. The summed E-state index contributed by atoms with van der Waals surface area (Å²) in [7, 11) is 2.21. The predicted molar refractivity (Wildman–Crippen MR) is 75.2 cm³/mol. The van der Waals surface area contributed by atoms with Gasteiger partial charge in [-0.25, -0.2) is 0 Å².